The third kappa shape index (κ3) is 5.54. The van der Waals surface area contributed by atoms with Crippen LogP contribution in [0.5, 0.6) is 11.5 Å². The summed E-state index contributed by atoms with van der Waals surface area (Å²) < 4.78 is 11.5. The van der Waals surface area contributed by atoms with E-state index < -0.39 is 0 Å². The highest BCUT2D eigenvalue weighted by Gasteiger charge is 2.10. The second kappa shape index (κ2) is 9.53. The molecule has 0 aliphatic carbocycles. The predicted molar refractivity (Wildman–Crippen MR) is 106 cm³/mol. The van der Waals surface area contributed by atoms with E-state index in [9.17, 15) is 0 Å². The number of methoxy groups -OCH3 is 2. The number of aliphatic imine (C=N–C) groups is 1. The highest BCUT2D eigenvalue weighted by Crippen LogP contribution is 2.36. The van der Waals surface area contributed by atoms with Crippen molar-refractivity contribution in [3.8, 4) is 11.5 Å². The van der Waals surface area contributed by atoms with Crippen molar-refractivity contribution in [2.24, 2.45) is 4.99 Å². The minimum atomic E-state index is 0.596. The zero-order valence-electron chi connectivity index (χ0n) is 14.4. The maximum atomic E-state index is 5.90. The van der Waals surface area contributed by atoms with Gasteiger partial charge in [-0.15, -0.1) is 0 Å². The molecule has 0 aromatic heterocycles. The van der Waals surface area contributed by atoms with Gasteiger partial charge in [0.25, 0.3) is 0 Å². The number of rotatable bonds is 6. The first-order valence-electron chi connectivity index (χ1n) is 7.66. The Hall–Kier alpha value is -1.92. The van der Waals surface area contributed by atoms with Crippen LogP contribution >= 0.6 is 27.5 Å². The second-order valence-electron chi connectivity index (χ2n) is 5.22. The topological polar surface area (TPSA) is 54.9 Å². The van der Waals surface area contributed by atoms with E-state index in [0.29, 0.717) is 30.5 Å². The van der Waals surface area contributed by atoms with E-state index in [1.165, 1.54) is 0 Å². The molecule has 0 bridgehead atoms. The van der Waals surface area contributed by atoms with Crippen LogP contribution in [-0.2, 0) is 13.1 Å². The first-order valence-corrected chi connectivity index (χ1v) is 8.83. The lowest BCUT2D eigenvalue weighted by molar-refractivity contribution is 0.352. The smallest absolute Gasteiger partial charge is 0.191 e. The second-order valence-corrected chi connectivity index (χ2v) is 6.51. The molecule has 0 radical (unpaired) electrons. The van der Waals surface area contributed by atoms with Crippen molar-refractivity contribution in [1.29, 1.82) is 0 Å². The van der Waals surface area contributed by atoms with Crippen molar-refractivity contribution >= 4 is 33.5 Å². The SMILES string of the molecule is CN=C(NCc1ccc(Cl)cc1)NCc1cc(Br)c(OC)c(OC)c1. The number of nitrogens with one attached hydrogen (secondary N) is 2. The minimum absolute atomic E-state index is 0.596. The van der Waals surface area contributed by atoms with Crippen LogP contribution in [0.3, 0.4) is 0 Å². The summed E-state index contributed by atoms with van der Waals surface area (Å²) in [5.41, 5.74) is 2.17. The normalized spacial score (nSPS) is 11.2. The van der Waals surface area contributed by atoms with Crippen LogP contribution < -0.4 is 20.1 Å². The van der Waals surface area contributed by atoms with Crippen molar-refractivity contribution in [2.45, 2.75) is 13.1 Å². The first-order chi connectivity index (χ1) is 12.1. The molecule has 0 heterocycles. The molecule has 0 aliphatic rings. The van der Waals surface area contributed by atoms with Gasteiger partial charge in [-0.2, -0.15) is 0 Å². The third-order valence-corrected chi connectivity index (χ3v) is 4.39. The van der Waals surface area contributed by atoms with Gasteiger partial charge in [0.15, 0.2) is 17.5 Å². The monoisotopic (exact) mass is 425 g/mol. The molecule has 2 rings (SSSR count). The molecule has 0 aliphatic heterocycles. The molecule has 0 spiro atoms. The van der Waals surface area contributed by atoms with Gasteiger partial charge in [-0.3, -0.25) is 4.99 Å². The fourth-order valence-corrected chi connectivity index (χ4v) is 3.05. The standard InChI is InChI=1S/C18H21BrClN3O2/c1-21-18(22-10-12-4-6-14(20)7-5-12)23-11-13-8-15(19)17(25-3)16(9-13)24-2/h4-9H,10-11H2,1-3H3,(H2,21,22,23). The first kappa shape index (κ1) is 19.4. The van der Waals surface area contributed by atoms with E-state index in [-0.39, 0.29) is 0 Å². The highest BCUT2D eigenvalue weighted by atomic mass is 79.9. The van der Waals surface area contributed by atoms with Crippen LogP contribution in [0.2, 0.25) is 5.02 Å². The fourth-order valence-electron chi connectivity index (χ4n) is 2.27. The summed E-state index contributed by atoms with van der Waals surface area (Å²) in [5.74, 6) is 2.06. The molecule has 0 fully saturated rings. The molecule has 0 saturated carbocycles. The van der Waals surface area contributed by atoms with Gasteiger partial charge in [0.2, 0.25) is 0 Å². The van der Waals surface area contributed by atoms with Gasteiger partial charge in [0.1, 0.15) is 0 Å². The van der Waals surface area contributed by atoms with Crippen LogP contribution in [0.15, 0.2) is 45.9 Å². The number of hydrogen-bond donors (Lipinski definition) is 2. The van der Waals surface area contributed by atoms with E-state index in [1.54, 1.807) is 21.3 Å². The van der Waals surface area contributed by atoms with Crippen LogP contribution in [0.25, 0.3) is 0 Å². The molecule has 7 heteroatoms. The summed E-state index contributed by atoms with van der Waals surface area (Å²) in [4.78, 5) is 4.24. The number of nitrogens with zero attached hydrogens (tertiary/aromatic N) is 1. The Balaban J connectivity index is 1.96. The number of benzene rings is 2. The van der Waals surface area contributed by atoms with Crippen molar-refractivity contribution < 1.29 is 9.47 Å². The van der Waals surface area contributed by atoms with Crippen LogP contribution in [0.1, 0.15) is 11.1 Å². The van der Waals surface area contributed by atoms with Gasteiger partial charge in [0, 0.05) is 25.2 Å². The Morgan fingerprint density at radius 1 is 1.04 bits per heavy atom. The number of halogens is 2. The van der Waals surface area contributed by atoms with Gasteiger partial charge in [-0.05, 0) is 51.3 Å². The molecule has 0 atom stereocenters. The van der Waals surface area contributed by atoms with E-state index in [0.717, 1.165) is 20.6 Å². The van der Waals surface area contributed by atoms with Crippen molar-refractivity contribution in [3.05, 3.63) is 57.0 Å². The Morgan fingerprint density at radius 3 is 2.24 bits per heavy atom. The quantitative estimate of drug-likeness (QED) is 0.542. The number of guanidine groups is 1. The Labute approximate surface area is 161 Å². The van der Waals surface area contributed by atoms with E-state index in [2.05, 4.69) is 31.6 Å². The summed E-state index contributed by atoms with van der Waals surface area (Å²) in [6, 6.07) is 11.6. The molecule has 25 heavy (non-hydrogen) atoms. The zero-order chi connectivity index (χ0) is 18.2. The van der Waals surface area contributed by atoms with Crippen molar-refractivity contribution in [2.75, 3.05) is 21.3 Å². The Bertz CT molecular complexity index is 736. The maximum Gasteiger partial charge on any atom is 0.191 e. The average molecular weight is 427 g/mol. The minimum Gasteiger partial charge on any atom is -0.493 e. The van der Waals surface area contributed by atoms with Gasteiger partial charge in [-0.1, -0.05) is 23.7 Å². The molecule has 2 aromatic carbocycles. The van der Waals surface area contributed by atoms with E-state index >= 15 is 0 Å². The molecule has 0 saturated heterocycles. The highest BCUT2D eigenvalue weighted by molar-refractivity contribution is 9.10. The van der Waals surface area contributed by atoms with Gasteiger partial charge in [0.05, 0.1) is 18.7 Å². The average Bonchev–Trinajstić information content (AvgIpc) is 2.62. The molecule has 5 nitrogen and oxygen atoms in total. The Morgan fingerprint density at radius 2 is 1.68 bits per heavy atom. The molecule has 0 unspecified atom stereocenters. The van der Waals surface area contributed by atoms with Gasteiger partial charge < -0.3 is 20.1 Å². The van der Waals surface area contributed by atoms with Crippen LogP contribution in [0.4, 0.5) is 0 Å². The molecule has 134 valence electrons. The summed E-state index contributed by atoms with van der Waals surface area (Å²) in [5, 5.41) is 7.28. The lowest BCUT2D eigenvalue weighted by Crippen LogP contribution is -2.36. The van der Waals surface area contributed by atoms with Gasteiger partial charge >= 0.3 is 0 Å². The largest absolute Gasteiger partial charge is 0.493 e. The van der Waals surface area contributed by atoms with Gasteiger partial charge in [-0.25, -0.2) is 0 Å². The van der Waals surface area contributed by atoms with Crippen LogP contribution in [0, 0.1) is 0 Å². The molecule has 0 amide bonds. The lowest BCUT2D eigenvalue weighted by Gasteiger charge is -2.15. The summed E-state index contributed by atoms with van der Waals surface area (Å²) >= 11 is 9.40. The van der Waals surface area contributed by atoms with Crippen LogP contribution in [-0.4, -0.2) is 27.2 Å². The zero-order valence-corrected chi connectivity index (χ0v) is 16.7. The summed E-state index contributed by atoms with van der Waals surface area (Å²) in [6.07, 6.45) is 0. The molecular formula is C18H21BrClN3O2. The Kier molecular flexibility index (Phi) is 7.40. The maximum absolute atomic E-state index is 5.90. The van der Waals surface area contributed by atoms with E-state index in [4.69, 9.17) is 21.1 Å². The third-order valence-electron chi connectivity index (χ3n) is 3.55. The van der Waals surface area contributed by atoms with Crippen molar-refractivity contribution in [1.82, 2.24) is 10.6 Å². The summed E-state index contributed by atoms with van der Waals surface area (Å²) in [7, 11) is 4.97. The lowest BCUT2D eigenvalue weighted by atomic mass is 10.2. The number of hydrogen-bond acceptors (Lipinski definition) is 3. The predicted octanol–water partition coefficient (Wildman–Crippen LogP) is 3.98. The summed E-state index contributed by atoms with van der Waals surface area (Å²) in [6.45, 7) is 1.26. The molecule has 2 aromatic rings. The fraction of sp³-hybridized carbons (Fsp3) is 0.278. The molecule has 2 N–H and O–H groups in total. The van der Waals surface area contributed by atoms with Crippen molar-refractivity contribution in [3.63, 3.8) is 0 Å². The number of ether oxygens (including phenoxy) is 2. The molecular weight excluding hydrogens is 406 g/mol. The van der Waals surface area contributed by atoms with E-state index in [1.807, 2.05) is 36.4 Å².